The number of rotatable bonds is 12. The zero-order chi connectivity index (χ0) is 26.3. The lowest BCUT2D eigenvalue weighted by Crippen LogP contribution is -2.25. The summed E-state index contributed by atoms with van der Waals surface area (Å²) in [5.41, 5.74) is -0.882. The van der Waals surface area contributed by atoms with Crippen molar-refractivity contribution in [2.24, 2.45) is 0 Å². The highest BCUT2D eigenvalue weighted by molar-refractivity contribution is 5.34. The van der Waals surface area contributed by atoms with E-state index in [4.69, 9.17) is 4.74 Å². The molecule has 0 unspecified atom stereocenters. The number of hydrogen-bond acceptors (Lipinski definition) is 2. The first kappa shape index (κ1) is 27.4. The first-order chi connectivity index (χ1) is 17.1. The predicted molar refractivity (Wildman–Crippen MR) is 126 cm³/mol. The van der Waals surface area contributed by atoms with Crippen LogP contribution in [0.25, 0.3) is 0 Å². The van der Waals surface area contributed by atoms with Gasteiger partial charge in [0.2, 0.25) is 0 Å². The second-order valence-corrected chi connectivity index (χ2v) is 8.51. The molecular weight excluding hydrogens is 482 g/mol. The molecule has 3 aromatic carbocycles. The minimum atomic E-state index is -4.23. The van der Waals surface area contributed by atoms with E-state index in [2.05, 4.69) is 11.7 Å². The van der Waals surface area contributed by atoms with Gasteiger partial charge in [0.25, 0.3) is 0 Å². The topological polar surface area (TPSA) is 18.5 Å². The SMILES string of the molecule is CCCCCc1ccc(OC(F)(F)c2ccc(OC(F)(F)c3ccc(CCC)c(F)c3F)cc2)cc1. The van der Waals surface area contributed by atoms with Crippen molar-refractivity contribution >= 4 is 0 Å². The summed E-state index contributed by atoms with van der Waals surface area (Å²) in [7, 11) is 0. The summed E-state index contributed by atoms with van der Waals surface area (Å²) in [6, 6.07) is 11.7. The Morgan fingerprint density at radius 3 is 1.78 bits per heavy atom. The van der Waals surface area contributed by atoms with Crippen molar-refractivity contribution in [3.63, 3.8) is 0 Å². The molecule has 0 atom stereocenters. The van der Waals surface area contributed by atoms with Crippen LogP contribution in [0.1, 0.15) is 61.8 Å². The zero-order valence-corrected chi connectivity index (χ0v) is 20.1. The van der Waals surface area contributed by atoms with Crippen LogP contribution in [0.2, 0.25) is 0 Å². The van der Waals surface area contributed by atoms with E-state index < -0.39 is 40.7 Å². The van der Waals surface area contributed by atoms with Gasteiger partial charge < -0.3 is 9.47 Å². The number of unbranched alkanes of at least 4 members (excludes halogenated alkanes) is 2. The smallest absolute Gasteiger partial charge is 0.429 e. The van der Waals surface area contributed by atoms with E-state index in [1.165, 1.54) is 12.1 Å². The Bertz CT molecular complexity index is 1130. The Labute approximate surface area is 206 Å². The Kier molecular flexibility index (Phi) is 8.93. The number of alkyl halides is 4. The van der Waals surface area contributed by atoms with Gasteiger partial charge in [-0.3, -0.25) is 0 Å². The number of benzene rings is 3. The number of aryl methyl sites for hydroxylation is 2. The lowest BCUT2D eigenvalue weighted by Gasteiger charge is -2.21. The lowest BCUT2D eigenvalue weighted by atomic mass is 10.1. The van der Waals surface area contributed by atoms with E-state index in [1.54, 1.807) is 19.1 Å². The molecule has 0 N–H and O–H groups in total. The first-order valence-electron chi connectivity index (χ1n) is 11.9. The molecule has 0 aromatic heterocycles. The van der Waals surface area contributed by atoms with Gasteiger partial charge in [0.05, 0.1) is 5.56 Å². The second kappa shape index (κ2) is 11.7. The minimum absolute atomic E-state index is 0.0210. The van der Waals surface area contributed by atoms with Gasteiger partial charge in [0, 0.05) is 0 Å². The second-order valence-electron chi connectivity index (χ2n) is 8.51. The molecule has 0 fully saturated rings. The summed E-state index contributed by atoms with van der Waals surface area (Å²) in [4.78, 5) is 0. The molecule has 0 heterocycles. The van der Waals surface area contributed by atoms with E-state index in [-0.39, 0.29) is 17.7 Å². The molecule has 3 rings (SSSR count). The van der Waals surface area contributed by atoms with Crippen molar-refractivity contribution in [3.8, 4) is 11.5 Å². The largest absolute Gasteiger partial charge is 0.429 e. The van der Waals surface area contributed by atoms with Gasteiger partial charge in [0.15, 0.2) is 11.6 Å². The van der Waals surface area contributed by atoms with Crippen LogP contribution in [0.4, 0.5) is 26.3 Å². The molecule has 0 bridgehead atoms. The van der Waals surface area contributed by atoms with Gasteiger partial charge in [-0.15, -0.1) is 0 Å². The Morgan fingerprint density at radius 1 is 0.611 bits per heavy atom. The van der Waals surface area contributed by atoms with E-state index in [0.717, 1.165) is 67.6 Å². The van der Waals surface area contributed by atoms with Crippen molar-refractivity contribution in [3.05, 3.63) is 94.6 Å². The van der Waals surface area contributed by atoms with Crippen LogP contribution in [0.3, 0.4) is 0 Å². The van der Waals surface area contributed by atoms with Gasteiger partial charge in [-0.25, -0.2) is 8.78 Å². The van der Waals surface area contributed by atoms with Gasteiger partial charge >= 0.3 is 12.2 Å². The number of halogens is 6. The van der Waals surface area contributed by atoms with Gasteiger partial charge in [-0.1, -0.05) is 51.3 Å². The van der Waals surface area contributed by atoms with Crippen molar-refractivity contribution in [2.75, 3.05) is 0 Å². The molecule has 0 spiro atoms. The molecular formula is C28H28F6O2. The maximum atomic E-state index is 14.6. The molecule has 0 aliphatic rings. The summed E-state index contributed by atoms with van der Waals surface area (Å²) >= 11 is 0. The molecule has 0 saturated heterocycles. The van der Waals surface area contributed by atoms with Crippen LogP contribution in [0, 0.1) is 11.6 Å². The highest BCUT2D eigenvalue weighted by atomic mass is 19.3. The molecule has 3 aromatic rings. The Hall–Kier alpha value is -3.16. The maximum absolute atomic E-state index is 14.6. The number of ether oxygens (including phenoxy) is 2. The normalized spacial score (nSPS) is 12.0. The molecule has 8 heteroatoms. The van der Waals surface area contributed by atoms with Crippen molar-refractivity contribution in [1.29, 1.82) is 0 Å². The monoisotopic (exact) mass is 510 g/mol. The van der Waals surface area contributed by atoms with Crippen molar-refractivity contribution in [1.82, 2.24) is 0 Å². The van der Waals surface area contributed by atoms with E-state index in [1.807, 2.05) is 0 Å². The molecule has 194 valence electrons. The molecule has 0 amide bonds. The molecule has 0 aliphatic heterocycles. The molecule has 2 nitrogen and oxygen atoms in total. The van der Waals surface area contributed by atoms with E-state index in [0.29, 0.717) is 6.42 Å². The van der Waals surface area contributed by atoms with Crippen LogP contribution >= 0.6 is 0 Å². The summed E-state index contributed by atoms with van der Waals surface area (Å²) in [5, 5.41) is 0. The van der Waals surface area contributed by atoms with Crippen molar-refractivity contribution in [2.45, 2.75) is 64.6 Å². The summed E-state index contributed by atoms with van der Waals surface area (Å²) in [6.07, 6.45) is -3.26. The Morgan fingerprint density at radius 2 is 1.19 bits per heavy atom. The average Bonchev–Trinajstić information content (AvgIpc) is 2.83. The fraction of sp³-hybridized carbons (Fsp3) is 0.357. The fourth-order valence-electron chi connectivity index (χ4n) is 3.71. The summed E-state index contributed by atoms with van der Waals surface area (Å²) in [6.45, 7) is 3.84. The van der Waals surface area contributed by atoms with Gasteiger partial charge in [-0.2, -0.15) is 17.6 Å². The third-order valence-corrected chi connectivity index (χ3v) is 5.67. The zero-order valence-electron chi connectivity index (χ0n) is 20.1. The highest BCUT2D eigenvalue weighted by Gasteiger charge is 2.40. The van der Waals surface area contributed by atoms with E-state index in [9.17, 15) is 26.3 Å². The van der Waals surface area contributed by atoms with Crippen LogP contribution in [0.5, 0.6) is 11.5 Å². The molecule has 0 aliphatic carbocycles. The number of hydrogen-bond donors (Lipinski definition) is 0. The molecule has 0 saturated carbocycles. The lowest BCUT2D eigenvalue weighted by molar-refractivity contribution is -0.188. The fourth-order valence-corrected chi connectivity index (χ4v) is 3.71. The maximum Gasteiger partial charge on any atom is 0.429 e. The third-order valence-electron chi connectivity index (χ3n) is 5.67. The van der Waals surface area contributed by atoms with Gasteiger partial charge in [-0.05, 0) is 72.9 Å². The quantitative estimate of drug-likeness (QED) is 0.179. The van der Waals surface area contributed by atoms with Crippen LogP contribution < -0.4 is 9.47 Å². The van der Waals surface area contributed by atoms with Crippen LogP contribution in [0.15, 0.2) is 60.7 Å². The highest BCUT2D eigenvalue weighted by Crippen LogP contribution is 2.37. The van der Waals surface area contributed by atoms with E-state index >= 15 is 0 Å². The molecule has 36 heavy (non-hydrogen) atoms. The summed E-state index contributed by atoms with van der Waals surface area (Å²) < 4.78 is 96.1. The summed E-state index contributed by atoms with van der Waals surface area (Å²) in [5.74, 6) is -3.62. The standard InChI is InChI=1S/C28H28F6O2/c1-3-5-6-8-19-9-14-22(15-10-19)35-27(31,32)21-12-16-23(17-13-21)36-28(33,34)24-18-11-20(7-4-2)25(29)26(24)30/h9-18H,3-8H2,1-2H3. The Balaban J connectivity index is 1.69. The predicted octanol–water partition coefficient (Wildman–Crippen LogP) is 8.91. The molecule has 0 radical (unpaired) electrons. The van der Waals surface area contributed by atoms with Crippen LogP contribution in [-0.4, -0.2) is 0 Å². The van der Waals surface area contributed by atoms with Crippen LogP contribution in [-0.2, 0) is 25.1 Å². The third kappa shape index (κ3) is 6.74. The van der Waals surface area contributed by atoms with Crippen molar-refractivity contribution < 1.29 is 35.8 Å². The first-order valence-corrected chi connectivity index (χ1v) is 11.9. The minimum Gasteiger partial charge on any atom is -0.429 e. The average molecular weight is 511 g/mol. The van der Waals surface area contributed by atoms with Gasteiger partial charge in [0.1, 0.15) is 17.1 Å².